The molecule has 2 aliphatic rings. The summed E-state index contributed by atoms with van der Waals surface area (Å²) in [6, 6.07) is 6.43. The fourth-order valence-corrected chi connectivity index (χ4v) is 2.84. The molecule has 3 rings (SSSR count). The van der Waals surface area contributed by atoms with Crippen LogP contribution in [0.15, 0.2) is 18.2 Å². The highest BCUT2D eigenvalue weighted by atomic mass is 16.2. The largest absolute Gasteiger partial charge is 0.369 e. The van der Waals surface area contributed by atoms with Crippen LogP contribution in [0.5, 0.6) is 0 Å². The number of piperazine rings is 1. The minimum atomic E-state index is 0.227. The van der Waals surface area contributed by atoms with Crippen LogP contribution >= 0.6 is 0 Å². The smallest absolute Gasteiger partial charge is 0.231 e. The van der Waals surface area contributed by atoms with Gasteiger partial charge in [0.2, 0.25) is 5.91 Å². The quantitative estimate of drug-likeness (QED) is 0.844. The highest BCUT2D eigenvalue weighted by Crippen LogP contribution is 2.32. The summed E-state index contributed by atoms with van der Waals surface area (Å²) in [6.07, 6.45) is 0.559. The van der Waals surface area contributed by atoms with E-state index in [0.29, 0.717) is 6.42 Å². The Bertz CT molecular complexity index is 466. The van der Waals surface area contributed by atoms with Crippen LogP contribution in [0.4, 0.5) is 11.4 Å². The summed E-state index contributed by atoms with van der Waals surface area (Å²) in [6.45, 7) is 6.96. The van der Waals surface area contributed by atoms with Gasteiger partial charge in [0.05, 0.1) is 6.42 Å². The molecule has 0 spiro atoms. The van der Waals surface area contributed by atoms with Crippen LogP contribution < -0.4 is 15.1 Å². The lowest BCUT2D eigenvalue weighted by Crippen LogP contribution is -2.43. The van der Waals surface area contributed by atoms with E-state index in [2.05, 4.69) is 28.4 Å². The Labute approximate surface area is 108 Å². The average molecular weight is 245 g/mol. The molecule has 1 aromatic rings. The van der Waals surface area contributed by atoms with Crippen LogP contribution in [0.1, 0.15) is 12.5 Å². The van der Waals surface area contributed by atoms with Crippen molar-refractivity contribution in [1.82, 2.24) is 5.32 Å². The summed E-state index contributed by atoms with van der Waals surface area (Å²) < 4.78 is 0. The summed E-state index contributed by atoms with van der Waals surface area (Å²) in [5, 5.41) is 3.36. The van der Waals surface area contributed by atoms with Gasteiger partial charge >= 0.3 is 0 Å². The molecule has 0 radical (unpaired) electrons. The van der Waals surface area contributed by atoms with E-state index in [-0.39, 0.29) is 5.91 Å². The first-order valence-electron chi connectivity index (χ1n) is 6.68. The average Bonchev–Trinajstić information content (AvgIpc) is 2.74. The number of anilines is 2. The zero-order chi connectivity index (χ0) is 12.5. The van der Waals surface area contributed by atoms with Crippen molar-refractivity contribution in [2.75, 3.05) is 42.5 Å². The Morgan fingerprint density at radius 1 is 1.28 bits per heavy atom. The zero-order valence-corrected chi connectivity index (χ0v) is 10.8. The van der Waals surface area contributed by atoms with E-state index in [1.54, 1.807) is 0 Å². The Kier molecular flexibility index (Phi) is 2.96. The van der Waals surface area contributed by atoms with Gasteiger partial charge < -0.3 is 15.1 Å². The molecule has 0 atom stereocenters. The molecule has 1 fully saturated rings. The number of nitrogens with one attached hydrogen (secondary N) is 1. The van der Waals surface area contributed by atoms with Crippen molar-refractivity contribution in [1.29, 1.82) is 0 Å². The van der Waals surface area contributed by atoms with Crippen molar-refractivity contribution in [3.63, 3.8) is 0 Å². The van der Waals surface area contributed by atoms with Crippen molar-refractivity contribution in [3.8, 4) is 0 Å². The third kappa shape index (κ3) is 1.86. The molecule has 0 aromatic heterocycles. The second-order valence-electron chi connectivity index (χ2n) is 4.86. The Morgan fingerprint density at radius 2 is 2.06 bits per heavy atom. The monoisotopic (exact) mass is 245 g/mol. The lowest BCUT2D eigenvalue weighted by molar-refractivity contribution is -0.117. The van der Waals surface area contributed by atoms with Crippen LogP contribution in [0.3, 0.4) is 0 Å². The number of rotatable bonds is 2. The van der Waals surface area contributed by atoms with Gasteiger partial charge in [-0.1, -0.05) is 0 Å². The fourth-order valence-electron chi connectivity index (χ4n) is 2.84. The molecule has 0 saturated carbocycles. The number of likely N-dealkylation sites (N-methyl/N-ethyl adjacent to an activating group) is 1. The molecular weight excluding hydrogens is 226 g/mol. The fraction of sp³-hybridized carbons (Fsp3) is 0.500. The van der Waals surface area contributed by atoms with Crippen molar-refractivity contribution in [3.05, 3.63) is 23.8 Å². The van der Waals surface area contributed by atoms with Crippen molar-refractivity contribution < 1.29 is 4.79 Å². The molecule has 4 heteroatoms. The van der Waals surface area contributed by atoms with Gasteiger partial charge in [-0.3, -0.25) is 4.79 Å². The van der Waals surface area contributed by atoms with Gasteiger partial charge in [0.25, 0.3) is 0 Å². The number of carbonyl (C=O) groups excluding carboxylic acids is 1. The van der Waals surface area contributed by atoms with Crippen molar-refractivity contribution in [2.45, 2.75) is 13.3 Å². The van der Waals surface area contributed by atoms with E-state index in [4.69, 9.17) is 0 Å². The molecular formula is C14H19N3O. The summed E-state index contributed by atoms with van der Waals surface area (Å²) in [5.74, 6) is 0.227. The summed E-state index contributed by atoms with van der Waals surface area (Å²) >= 11 is 0. The SMILES string of the molecule is CCN1C(=O)Cc2cc(N3CCNCC3)ccc21. The highest BCUT2D eigenvalue weighted by Gasteiger charge is 2.26. The second-order valence-corrected chi connectivity index (χ2v) is 4.86. The lowest BCUT2D eigenvalue weighted by atomic mass is 10.1. The number of amides is 1. The lowest BCUT2D eigenvalue weighted by Gasteiger charge is -2.30. The minimum Gasteiger partial charge on any atom is -0.369 e. The Hall–Kier alpha value is -1.55. The predicted molar refractivity (Wildman–Crippen MR) is 73.3 cm³/mol. The topological polar surface area (TPSA) is 35.6 Å². The normalized spacial score (nSPS) is 19.3. The molecule has 4 nitrogen and oxygen atoms in total. The first-order valence-corrected chi connectivity index (χ1v) is 6.68. The zero-order valence-electron chi connectivity index (χ0n) is 10.8. The first-order chi connectivity index (χ1) is 8.79. The Balaban J connectivity index is 1.88. The van der Waals surface area contributed by atoms with Crippen molar-refractivity contribution in [2.24, 2.45) is 0 Å². The number of carbonyl (C=O) groups is 1. The summed E-state index contributed by atoms with van der Waals surface area (Å²) in [7, 11) is 0. The molecule has 0 aliphatic carbocycles. The summed E-state index contributed by atoms with van der Waals surface area (Å²) in [5.41, 5.74) is 3.53. The van der Waals surface area contributed by atoms with Crippen LogP contribution in [0.25, 0.3) is 0 Å². The maximum atomic E-state index is 11.9. The maximum Gasteiger partial charge on any atom is 0.231 e. The van der Waals surface area contributed by atoms with Gasteiger partial charge in [0.15, 0.2) is 0 Å². The van der Waals surface area contributed by atoms with E-state index < -0.39 is 0 Å². The van der Waals surface area contributed by atoms with Gasteiger partial charge in [-0.2, -0.15) is 0 Å². The van der Waals surface area contributed by atoms with E-state index in [1.807, 2.05) is 11.8 Å². The van der Waals surface area contributed by atoms with Gasteiger partial charge in [-0.15, -0.1) is 0 Å². The van der Waals surface area contributed by atoms with Crippen molar-refractivity contribution >= 4 is 17.3 Å². The number of nitrogens with zero attached hydrogens (tertiary/aromatic N) is 2. The molecule has 96 valence electrons. The molecule has 0 unspecified atom stereocenters. The van der Waals surface area contributed by atoms with Gasteiger partial charge in [-0.25, -0.2) is 0 Å². The third-order valence-corrected chi connectivity index (χ3v) is 3.79. The molecule has 0 bridgehead atoms. The van der Waals surface area contributed by atoms with Crippen LogP contribution in [0, 0.1) is 0 Å². The standard InChI is InChI=1S/C14H19N3O/c1-2-17-13-4-3-12(9-11(13)10-14(17)18)16-7-5-15-6-8-16/h3-4,9,15H,2,5-8,10H2,1H3. The molecule has 1 N–H and O–H groups in total. The molecule has 1 saturated heterocycles. The number of fused-ring (bicyclic) bond motifs is 1. The maximum absolute atomic E-state index is 11.9. The number of benzene rings is 1. The van der Waals surface area contributed by atoms with Crippen LogP contribution in [0.2, 0.25) is 0 Å². The number of hydrogen-bond donors (Lipinski definition) is 1. The number of hydrogen-bond acceptors (Lipinski definition) is 3. The Morgan fingerprint density at radius 3 is 2.78 bits per heavy atom. The predicted octanol–water partition coefficient (Wildman–Crippen LogP) is 1.01. The van der Waals surface area contributed by atoms with E-state index >= 15 is 0 Å². The van der Waals surface area contributed by atoms with E-state index in [0.717, 1.165) is 38.4 Å². The highest BCUT2D eigenvalue weighted by molar-refractivity contribution is 6.01. The van der Waals surface area contributed by atoms with Gasteiger partial charge in [0, 0.05) is 44.1 Å². The third-order valence-electron chi connectivity index (χ3n) is 3.79. The van der Waals surface area contributed by atoms with Crippen LogP contribution in [-0.2, 0) is 11.2 Å². The second kappa shape index (κ2) is 4.61. The summed E-state index contributed by atoms with van der Waals surface area (Å²) in [4.78, 5) is 16.1. The molecule has 2 heterocycles. The minimum absolute atomic E-state index is 0.227. The molecule has 18 heavy (non-hydrogen) atoms. The van der Waals surface area contributed by atoms with Gasteiger partial charge in [0.1, 0.15) is 0 Å². The van der Waals surface area contributed by atoms with E-state index in [9.17, 15) is 4.79 Å². The van der Waals surface area contributed by atoms with Crippen LogP contribution in [-0.4, -0.2) is 38.6 Å². The molecule has 1 aromatic carbocycles. The first kappa shape index (κ1) is 11.5. The molecule has 2 aliphatic heterocycles. The molecule has 1 amide bonds. The van der Waals surface area contributed by atoms with E-state index in [1.165, 1.54) is 11.3 Å². The van der Waals surface area contributed by atoms with Gasteiger partial charge in [-0.05, 0) is 30.7 Å².